The normalized spacial score (nSPS) is 14.3. The van der Waals surface area contributed by atoms with Crippen LogP contribution >= 0.6 is 39.0 Å². The van der Waals surface area contributed by atoms with E-state index in [0.717, 1.165) is 22.4 Å². The van der Waals surface area contributed by atoms with Crippen molar-refractivity contribution in [2.24, 2.45) is 0 Å². The number of thiophene rings is 1. The molecule has 2 heterocycles. The highest BCUT2D eigenvalue weighted by molar-refractivity contribution is 9.09. The molecule has 0 saturated carbocycles. The van der Waals surface area contributed by atoms with E-state index in [0.29, 0.717) is 19.8 Å². The quantitative estimate of drug-likeness (QED) is 0.633. The Bertz CT molecular complexity index is 385. The SMILES string of the molecule is O=C(NCCOCCBr)c1cc2c(s1)CCSC2. The van der Waals surface area contributed by atoms with E-state index in [1.807, 2.05) is 17.8 Å². The van der Waals surface area contributed by atoms with Crippen LogP contribution in [0.25, 0.3) is 0 Å². The van der Waals surface area contributed by atoms with Gasteiger partial charge in [-0.05, 0) is 23.8 Å². The Morgan fingerprint density at radius 3 is 3.17 bits per heavy atom. The fraction of sp³-hybridized carbons (Fsp3) is 0.583. The maximum Gasteiger partial charge on any atom is 0.261 e. The van der Waals surface area contributed by atoms with E-state index in [1.165, 1.54) is 16.2 Å². The molecule has 0 bridgehead atoms. The van der Waals surface area contributed by atoms with Gasteiger partial charge >= 0.3 is 0 Å². The Balaban J connectivity index is 1.80. The molecular formula is C12H16BrNO2S2. The van der Waals surface area contributed by atoms with Gasteiger partial charge in [0.25, 0.3) is 5.91 Å². The molecule has 1 aromatic rings. The van der Waals surface area contributed by atoms with Gasteiger partial charge in [0.1, 0.15) is 0 Å². The topological polar surface area (TPSA) is 38.3 Å². The number of amides is 1. The van der Waals surface area contributed by atoms with Gasteiger partial charge in [-0.3, -0.25) is 4.79 Å². The number of thioether (sulfide) groups is 1. The van der Waals surface area contributed by atoms with E-state index < -0.39 is 0 Å². The molecular weight excluding hydrogens is 334 g/mol. The van der Waals surface area contributed by atoms with Crippen molar-refractivity contribution in [1.82, 2.24) is 5.32 Å². The van der Waals surface area contributed by atoms with Gasteiger partial charge in [0.2, 0.25) is 0 Å². The Kier molecular flexibility index (Phi) is 6.01. The molecule has 1 amide bonds. The zero-order chi connectivity index (χ0) is 12.8. The van der Waals surface area contributed by atoms with Crippen molar-refractivity contribution in [1.29, 1.82) is 0 Å². The van der Waals surface area contributed by atoms with Gasteiger partial charge in [-0.15, -0.1) is 11.3 Å². The van der Waals surface area contributed by atoms with Crippen molar-refractivity contribution in [3.8, 4) is 0 Å². The van der Waals surface area contributed by atoms with Gasteiger partial charge < -0.3 is 10.1 Å². The highest BCUT2D eigenvalue weighted by Gasteiger charge is 2.16. The van der Waals surface area contributed by atoms with Crippen LogP contribution in [0.4, 0.5) is 0 Å². The lowest BCUT2D eigenvalue weighted by Crippen LogP contribution is -2.26. The summed E-state index contributed by atoms with van der Waals surface area (Å²) >= 11 is 6.87. The van der Waals surface area contributed by atoms with Crippen LogP contribution in [0.1, 0.15) is 20.1 Å². The molecule has 2 rings (SSSR count). The summed E-state index contributed by atoms with van der Waals surface area (Å²) in [6.07, 6.45) is 1.10. The second-order valence-electron chi connectivity index (χ2n) is 3.92. The lowest BCUT2D eigenvalue weighted by atomic mass is 10.2. The lowest BCUT2D eigenvalue weighted by molar-refractivity contribution is 0.0928. The van der Waals surface area contributed by atoms with Gasteiger partial charge in [0.05, 0.1) is 18.1 Å². The summed E-state index contributed by atoms with van der Waals surface area (Å²) in [5.41, 5.74) is 1.34. The number of alkyl halides is 1. The smallest absolute Gasteiger partial charge is 0.261 e. The molecule has 1 N–H and O–H groups in total. The third-order valence-corrected chi connectivity index (χ3v) is 5.17. The second-order valence-corrected chi connectivity index (χ2v) is 6.95. The van der Waals surface area contributed by atoms with Crippen LogP contribution in [-0.2, 0) is 16.9 Å². The molecule has 0 unspecified atom stereocenters. The zero-order valence-electron chi connectivity index (χ0n) is 10.0. The van der Waals surface area contributed by atoms with Crippen LogP contribution < -0.4 is 5.32 Å². The van der Waals surface area contributed by atoms with E-state index in [2.05, 4.69) is 21.2 Å². The van der Waals surface area contributed by atoms with Crippen LogP contribution in [0.3, 0.4) is 0 Å². The average Bonchev–Trinajstić information content (AvgIpc) is 2.82. The molecule has 0 fully saturated rings. The first-order valence-corrected chi connectivity index (χ1v) is 9.02. The predicted octanol–water partition coefficient (Wildman–Crippen LogP) is 2.68. The molecule has 3 nitrogen and oxygen atoms in total. The summed E-state index contributed by atoms with van der Waals surface area (Å²) in [6, 6.07) is 2.04. The number of fused-ring (bicyclic) bond motifs is 1. The van der Waals surface area contributed by atoms with Crippen LogP contribution in [0.5, 0.6) is 0 Å². The molecule has 1 aliphatic rings. The highest BCUT2D eigenvalue weighted by Crippen LogP contribution is 2.31. The summed E-state index contributed by atoms with van der Waals surface area (Å²) in [4.78, 5) is 14.1. The van der Waals surface area contributed by atoms with Crippen molar-refractivity contribution >= 4 is 44.9 Å². The molecule has 0 aromatic carbocycles. The third-order valence-electron chi connectivity index (χ3n) is 2.60. The van der Waals surface area contributed by atoms with E-state index in [9.17, 15) is 4.79 Å². The fourth-order valence-electron chi connectivity index (χ4n) is 1.74. The summed E-state index contributed by atoms with van der Waals surface area (Å²) in [5.74, 6) is 2.25. The summed E-state index contributed by atoms with van der Waals surface area (Å²) in [5, 5.41) is 3.72. The zero-order valence-corrected chi connectivity index (χ0v) is 13.3. The van der Waals surface area contributed by atoms with Crippen molar-refractivity contribution in [3.05, 3.63) is 21.4 Å². The minimum atomic E-state index is 0.0295. The number of hydrogen-bond donors (Lipinski definition) is 1. The van der Waals surface area contributed by atoms with E-state index in [4.69, 9.17) is 4.74 Å². The van der Waals surface area contributed by atoms with Crippen molar-refractivity contribution < 1.29 is 9.53 Å². The van der Waals surface area contributed by atoms with Crippen LogP contribution in [0.2, 0.25) is 0 Å². The predicted molar refractivity (Wildman–Crippen MR) is 81.1 cm³/mol. The first-order chi connectivity index (χ1) is 8.81. The van der Waals surface area contributed by atoms with E-state index >= 15 is 0 Å². The number of hydrogen-bond acceptors (Lipinski definition) is 4. The van der Waals surface area contributed by atoms with Crippen LogP contribution in [0.15, 0.2) is 6.07 Å². The maximum atomic E-state index is 11.9. The molecule has 0 atom stereocenters. The maximum absolute atomic E-state index is 11.9. The number of ether oxygens (including phenoxy) is 1. The molecule has 0 radical (unpaired) electrons. The molecule has 1 aliphatic heterocycles. The Hall–Kier alpha value is -0.0400. The first-order valence-electron chi connectivity index (χ1n) is 5.92. The molecule has 0 spiro atoms. The first kappa shape index (κ1) is 14.4. The number of rotatable bonds is 6. The monoisotopic (exact) mass is 349 g/mol. The van der Waals surface area contributed by atoms with Crippen LogP contribution in [-0.4, -0.2) is 36.7 Å². The third kappa shape index (κ3) is 3.98. The summed E-state index contributed by atoms with van der Waals surface area (Å²) < 4.78 is 5.29. The van der Waals surface area contributed by atoms with Gasteiger partial charge in [-0.2, -0.15) is 11.8 Å². The molecule has 0 saturated heterocycles. The molecule has 100 valence electrons. The number of carbonyl (C=O) groups excluding carboxylic acids is 1. The second kappa shape index (κ2) is 7.53. The number of carbonyl (C=O) groups is 1. The average molecular weight is 350 g/mol. The Morgan fingerprint density at radius 1 is 1.50 bits per heavy atom. The highest BCUT2D eigenvalue weighted by atomic mass is 79.9. The van der Waals surface area contributed by atoms with Crippen molar-refractivity contribution in [3.63, 3.8) is 0 Å². The van der Waals surface area contributed by atoms with Crippen molar-refractivity contribution in [2.45, 2.75) is 12.2 Å². The summed E-state index contributed by atoms with van der Waals surface area (Å²) in [7, 11) is 0. The minimum absolute atomic E-state index is 0.0295. The summed E-state index contributed by atoms with van der Waals surface area (Å²) in [6.45, 7) is 1.82. The standard InChI is InChI=1S/C12H16BrNO2S2/c13-2-4-16-5-3-14-12(15)11-7-9-8-17-6-1-10(9)18-11/h7H,1-6,8H2,(H,14,15). The Morgan fingerprint density at radius 2 is 2.39 bits per heavy atom. The minimum Gasteiger partial charge on any atom is -0.379 e. The van der Waals surface area contributed by atoms with Gasteiger partial charge in [-0.1, -0.05) is 15.9 Å². The molecule has 18 heavy (non-hydrogen) atoms. The largest absolute Gasteiger partial charge is 0.379 e. The Labute approximate surface area is 124 Å². The van der Waals surface area contributed by atoms with Gasteiger partial charge in [0.15, 0.2) is 0 Å². The molecule has 0 aliphatic carbocycles. The molecule has 1 aromatic heterocycles. The lowest BCUT2D eigenvalue weighted by Gasteiger charge is -2.08. The number of nitrogens with one attached hydrogen (secondary N) is 1. The fourth-order valence-corrected chi connectivity index (χ4v) is 4.26. The van der Waals surface area contributed by atoms with Gasteiger partial charge in [-0.25, -0.2) is 0 Å². The number of aryl methyl sites for hydroxylation is 1. The van der Waals surface area contributed by atoms with Gasteiger partial charge in [0, 0.05) is 22.5 Å². The van der Waals surface area contributed by atoms with Crippen molar-refractivity contribution in [2.75, 3.05) is 30.8 Å². The number of halogens is 1. The van der Waals surface area contributed by atoms with E-state index in [-0.39, 0.29) is 5.91 Å². The molecule has 6 heteroatoms. The van der Waals surface area contributed by atoms with E-state index in [1.54, 1.807) is 11.3 Å². The van der Waals surface area contributed by atoms with Crippen LogP contribution in [0, 0.1) is 0 Å².